The Balaban J connectivity index is 1.54. The van der Waals surface area contributed by atoms with E-state index in [2.05, 4.69) is 5.32 Å². The topological polar surface area (TPSA) is 49.4 Å². The molecular weight excluding hydrogens is 559 g/mol. The molecule has 36 heavy (non-hydrogen) atoms. The molecule has 1 saturated carbocycles. The maximum atomic E-state index is 13.2. The second-order valence-electron chi connectivity index (χ2n) is 8.27. The van der Waals surface area contributed by atoms with Crippen LogP contribution in [0.1, 0.15) is 33.8 Å². The van der Waals surface area contributed by atoms with Gasteiger partial charge in [0.2, 0.25) is 5.91 Å². The van der Waals surface area contributed by atoms with E-state index >= 15 is 0 Å². The summed E-state index contributed by atoms with van der Waals surface area (Å²) in [6.45, 7) is 0. The fourth-order valence-electron chi connectivity index (χ4n) is 3.96. The highest BCUT2D eigenvalue weighted by atomic mass is 35.5. The van der Waals surface area contributed by atoms with Gasteiger partial charge in [0.15, 0.2) is 0 Å². The summed E-state index contributed by atoms with van der Waals surface area (Å²) in [5.41, 5.74) is 0.781. The second kappa shape index (κ2) is 10.1. The molecule has 0 aromatic heterocycles. The van der Waals surface area contributed by atoms with Gasteiger partial charge in [-0.15, -0.1) is 23.2 Å². The summed E-state index contributed by atoms with van der Waals surface area (Å²) in [5.74, 6) is -3.24. The van der Waals surface area contributed by atoms with Gasteiger partial charge >= 0.3 is 0 Å². The zero-order chi connectivity index (χ0) is 26.4. The van der Waals surface area contributed by atoms with Gasteiger partial charge in [-0.05, 0) is 66.2 Å². The van der Waals surface area contributed by atoms with E-state index in [1.165, 1.54) is 66.5 Å². The first-order valence-electron chi connectivity index (χ1n) is 10.5. The summed E-state index contributed by atoms with van der Waals surface area (Å²) in [7, 11) is 1.50. The predicted octanol–water partition coefficient (Wildman–Crippen LogP) is 7.87. The SMILES string of the molecule is CN(C(=O)c1cc(NC(=O)C2C(c3cc(Cl)cc(C(F)F)c3)C2(Cl)Cl)ccc1Cl)c1ccc(F)cc1. The van der Waals surface area contributed by atoms with E-state index in [-0.39, 0.29) is 26.9 Å². The Labute approximate surface area is 224 Å². The van der Waals surface area contributed by atoms with Crippen LogP contribution in [0.25, 0.3) is 0 Å². The van der Waals surface area contributed by atoms with Crippen molar-refractivity contribution in [1.29, 1.82) is 0 Å². The van der Waals surface area contributed by atoms with E-state index < -0.39 is 40.2 Å². The van der Waals surface area contributed by atoms with Crippen LogP contribution in [0.15, 0.2) is 60.7 Å². The average Bonchev–Trinajstić information content (AvgIpc) is 3.41. The number of nitrogens with one attached hydrogen (secondary N) is 1. The van der Waals surface area contributed by atoms with Crippen molar-refractivity contribution in [3.05, 3.63) is 93.2 Å². The van der Waals surface area contributed by atoms with Gasteiger partial charge < -0.3 is 10.2 Å². The number of halogens is 7. The molecule has 1 aliphatic carbocycles. The second-order valence-corrected chi connectivity index (χ2v) is 10.6. The normalized spacial score (nSPS) is 18.1. The highest BCUT2D eigenvalue weighted by molar-refractivity contribution is 6.53. The minimum atomic E-state index is -2.76. The first-order valence-corrected chi connectivity index (χ1v) is 12.0. The number of hydrogen-bond acceptors (Lipinski definition) is 2. The monoisotopic (exact) mass is 574 g/mol. The third-order valence-corrected chi connectivity index (χ3v) is 7.36. The Kier molecular flexibility index (Phi) is 7.49. The maximum absolute atomic E-state index is 13.2. The molecule has 2 unspecified atom stereocenters. The molecule has 4 rings (SSSR count). The fraction of sp³-hybridized carbons (Fsp3) is 0.200. The third-order valence-electron chi connectivity index (χ3n) is 5.87. The van der Waals surface area contributed by atoms with Gasteiger partial charge in [-0.3, -0.25) is 9.59 Å². The number of carbonyl (C=O) groups excluding carboxylic acids is 2. The third kappa shape index (κ3) is 5.30. The molecule has 188 valence electrons. The minimum Gasteiger partial charge on any atom is -0.326 e. The summed E-state index contributed by atoms with van der Waals surface area (Å²) in [6, 6.07) is 13.4. The van der Waals surface area contributed by atoms with Crippen LogP contribution in [0.5, 0.6) is 0 Å². The van der Waals surface area contributed by atoms with Gasteiger partial charge in [0.25, 0.3) is 12.3 Å². The van der Waals surface area contributed by atoms with Crippen molar-refractivity contribution in [1.82, 2.24) is 0 Å². The van der Waals surface area contributed by atoms with Crippen LogP contribution >= 0.6 is 46.4 Å². The van der Waals surface area contributed by atoms with Crippen molar-refractivity contribution in [3.63, 3.8) is 0 Å². The van der Waals surface area contributed by atoms with Crippen LogP contribution in [0.3, 0.4) is 0 Å². The van der Waals surface area contributed by atoms with E-state index in [1.807, 2.05) is 0 Å². The number of alkyl halides is 4. The number of rotatable bonds is 6. The van der Waals surface area contributed by atoms with Gasteiger partial charge in [-0.2, -0.15) is 0 Å². The van der Waals surface area contributed by atoms with Crippen molar-refractivity contribution in [2.24, 2.45) is 5.92 Å². The van der Waals surface area contributed by atoms with Crippen molar-refractivity contribution in [2.45, 2.75) is 16.7 Å². The number of hydrogen-bond donors (Lipinski definition) is 1. The summed E-state index contributed by atoms with van der Waals surface area (Å²) in [6.07, 6.45) is -2.76. The molecule has 1 aliphatic rings. The average molecular weight is 576 g/mol. The quantitative estimate of drug-likeness (QED) is 0.304. The van der Waals surface area contributed by atoms with E-state index in [4.69, 9.17) is 46.4 Å². The lowest BCUT2D eigenvalue weighted by Gasteiger charge is -2.18. The number of nitrogens with zero attached hydrogens (tertiary/aromatic N) is 1. The van der Waals surface area contributed by atoms with Crippen LogP contribution in [0.2, 0.25) is 10.0 Å². The highest BCUT2D eigenvalue weighted by Crippen LogP contribution is 2.65. The Morgan fingerprint density at radius 2 is 1.67 bits per heavy atom. The molecule has 0 spiro atoms. The molecule has 0 radical (unpaired) electrons. The smallest absolute Gasteiger partial charge is 0.263 e. The van der Waals surface area contributed by atoms with E-state index in [0.29, 0.717) is 11.3 Å². The van der Waals surface area contributed by atoms with Crippen molar-refractivity contribution < 1.29 is 22.8 Å². The summed E-state index contributed by atoms with van der Waals surface area (Å²) in [4.78, 5) is 27.3. The minimum absolute atomic E-state index is 0.0733. The molecule has 2 atom stereocenters. The van der Waals surface area contributed by atoms with Gasteiger partial charge in [0.1, 0.15) is 10.2 Å². The number of benzene rings is 3. The summed E-state index contributed by atoms with van der Waals surface area (Å²) < 4.78 is 38.1. The molecule has 0 aliphatic heterocycles. The maximum Gasteiger partial charge on any atom is 0.263 e. The summed E-state index contributed by atoms with van der Waals surface area (Å²) in [5, 5.41) is 2.86. The fourth-order valence-corrected chi connectivity index (χ4v) is 5.24. The first kappa shape index (κ1) is 26.6. The molecule has 0 bridgehead atoms. The largest absolute Gasteiger partial charge is 0.326 e. The summed E-state index contributed by atoms with van der Waals surface area (Å²) >= 11 is 24.9. The van der Waals surface area contributed by atoms with Gasteiger partial charge in [-0.25, -0.2) is 13.2 Å². The van der Waals surface area contributed by atoms with Crippen molar-refractivity contribution in [2.75, 3.05) is 17.3 Å². The van der Waals surface area contributed by atoms with Gasteiger partial charge in [0.05, 0.1) is 16.5 Å². The Hall–Kier alpha value is -2.45. The van der Waals surface area contributed by atoms with Crippen LogP contribution < -0.4 is 10.2 Å². The standard InChI is InChI=1S/C25H17Cl4F3N2O2/c1-34(17-5-2-15(30)3-6-17)24(36)18-11-16(4-7-19(18)27)33-23(35)21-20(25(21,28)29)12-8-13(22(31)32)10-14(26)9-12/h2-11,20-22H,1H3,(H,33,35). The highest BCUT2D eigenvalue weighted by Gasteiger charge is 2.67. The van der Waals surface area contributed by atoms with E-state index in [9.17, 15) is 22.8 Å². The molecule has 0 heterocycles. The van der Waals surface area contributed by atoms with Crippen LogP contribution in [-0.2, 0) is 4.79 Å². The number of carbonyl (C=O) groups is 2. The Morgan fingerprint density at radius 3 is 2.31 bits per heavy atom. The van der Waals surface area contributed by atoms with Crippen molar-refractivity contribution >= 4 is 69.6 Å². The Morgan fingerprint density at radius 1 is 1.00 bits per heavy atom. The Bertz CT molecular complexity index is 1340. The zero-order valence-electron chi connectivity index (χ0n) is 18.4. The predicted molar refractivity (Wildman–Crippen MR) is 136 cm³/mol. The van der Waals surface area contributed by atoms with Gasteiger partial charge in [0, 0.05) is 34.9 Å². The van der Waals surface area contributed by atoms with Crippen molar-refractivity contribution in [3.8, 4) is 0 Å². The molecule has 3 aromatic rings. The molecule has 3 aromatic carbocycles. The lowest BCUT2D eigenvalue weighted by molar-refractivity contribution is -0.117. The lowest BCUT2D eigenvalue weighted by atomic mass is 10.1. The first-order chi connectivity index (χ1) is 16.9. The van der Waals surface area contributed by atoms with E-state index in [1.54, 1.807) is 0 Å². The molecule has 0 saturated heterocycles. The molecule has 1 fully saturated rings. The lowest BCUT2D eigenvalue weighted by Crippen LogP contribution is -2.26. The van der Waals surface area contributed by atoms with E-state index in [0.717, 1.165) is 6.07 Å². The number of amides is 2. The molecule has 11 heteroatoms. The van der Waals surface area contributed by atoms with Crippen LogP contribution in [0.4, 0.5) is 24.5 Å². The van der Waals surface area contributed by atoms with Gasteiger partial charge in [-0.1, -0.05) is 23.2 Å². The molecule has 1 N–H and O–H groups in total. The molecule has 2 amide bonds. The van der Waals surface area contributed by atoms with Crippen LogP contribution in [0, 0.1) is 11.7 Å². The molecule has 4 nitrogen and oxygen atoms in total. The zero-order valence-corrected chi connectivity index (χ0v) is 21.4. The van der Waals surface area contributed by atoms with Crippen LogP contribution in [-0.4, -0.2) is 23.2 Å². The molecular formula is C25H17Cl4F3N2O2. The number of anilines is 2.